The van der Waals surface area contributed by atoms with Gasteiger partial charge in [-0.15, -0.1) is 0 Å². The van der Waals surface area contributed by atoms with E-state index < -0.39 is 49.5 Å². The van der Waals surface area contributed by atoms with Crippen molar-refractivity contribution in [2.45, 2.75) is 230 Å². The van der Waals surface area contributed by atoms with Gasteiger partial charge in [-0.25, -0.2) is 0 Å². The molecule has 7 atom stereocenters. The van der Waals surface area contributed by atoms with Crippen molar-refractivity contribution in [2.75, 3.05) is 13.2 Å². The Morgan fingerprint density at radius 3 is 1.53 bits per heavy atom. The summed E-state index contributed by atoms with van der Waals surface area (Å²) < 4.78 is 11.2. The van der Waals surface area contributed by atoms with E-state index in [-0.39, 0.29) is 12.5 Å². The summed E-state index contributed by atoms with van der Waals surface area (Å²) >= 11 is 0. The van der Waals surface area contributed by atoms with Gasteiger partial charge in [0.15, 0.2) is 6.29 Å². The van der Waals surface area contributed by atoms with Gasteiger partial charge in [-0.05, 0) is 64.2 Å². The van der Waals surface area contributed by atoms with E-state index in [9.17, 15) is 30.3 Å². The maximum absolute atomic E-state index is 13.0. The van der Waals surface area contributed by atoms with E-state index in [1.165, 1.54) is 70.6 Å². The molecule has 1 rings (SSSR count). The smallest absolute Gasteiger partial charge is 0.220 e. The van der Waals surface area contributed by atoms with Crippen LogP contribution < -0.4 is 5.32 Å². The molecule has 1 fully saturated rings. The summed E-state index contributed by atoms with van der Waals surface area (Å²) in [7, 11) is 0. The maximum Gasteiger partial charge on any atom is 0.220 e. The molecule has 0 saturated carbocycles. The first-order valence-corrected chi connectivity index (χ1v) is 24.1. The lowest BCUT2D eigenvalue weighted by Crippen LogP contribution is -2.60. The van der Waals surface area contributed by atoms with E-state index in [4.69, 9.17) is 9.47 Å². The molecule has 0 aliphatic carbocycles. The monoisotopic (exact) mass is 844 g/mol. The molecule has 0 aromatic heterocycles. The molecule has 7 unspecified atom stereocenters. The summed E-state index contributed by atoms with van der Waals surface area (Å²) in [6, 6.07) is -0.726. The van der Waals surface area contributed by atoms with Gasteiger partial charge in [-0.2, -0.15) is 0 Å². The third-order valence-corrected chi connectivity index (χ3v) is 11.1. The molecule has 0 bridgehead atoms. The molecule has 1 aliphatic heterocycles. The highest BCUT2D eigenvalue weighted by Gasteiger charge is 2.44. The number of carbonyl (C=O) groups excluding carboxylic acids is 1. The molecular formula is C51H89NO8. The first-order valence-electron chi connectivity index (χ1n) is 24.1. The van der Waals surface area contributed by atoms with Crippen LogP contribution in [0.25, 0.3) is 0 Å². The van der Waals surface area contributed by atoms with Crippen molar-refractivity contribution in [3.8, 4) is 0 Å². The number of amides is 1. The van der Waals surface area contributed by atoms with Crippen molar-refractivity contribution in [3.63, 3.8) is 0 Å². The molecule has 9 nitrogen and oxygen atoms in total. The number of aliphatic hydroxyl groups is 5. The summed E-state index contributed by atoms with van der Waals surface area (Å²) in [6.45, 7) is 3.68. The zero-order chi connectivity index (χ0) is 43.7. The highest BCUT2D eigenvalue weighted by atomic mass is 16.7. The highest BCUT2D eigenvalue weighted by molar-refractivity contribution is 5.76. The molecule has 6 N–H and O–H groups in total. The Balaban J connectivity index is 2.23. The van der Waals surface area contributed by atoms with E-state index in [1.807, 2.05) is 0 Å². The molecular weight excluding hydrogens is 755 g/mol. The molecule has 1 heterocycles. The van der Waals surface area contributed by atoms with Crippen molar-refractivity contribution in [1.29, 1.82) is 0 Å². The van der Waals surface area contributed by atoms with Crippen LogP contribution in [0.15, 0.2) is 72.9 Å². The van der Waals surface area contributed by atoms with Crippen molar-refractivity contribution in [2.24, 2.45) is 0 Å². The first kappa shape index (κ1) is 55.6. The number of hydrogen-bond donors (Lipinski definition) is 6. The van der Waals surface area contributed by atoms with Crippen LogP contribution >= 0.6 is 0 Å². The second kappa shape index (κ2) is 40.7. The molecule has 0 aromatic rings. The fourth-order valence-electron chi connectivity index (χ4n) is 7.22. The van der Waals surface area contributed by atoms with Crippen molar-refractivity contribution in [1.82, 2.24) is 5.32 Å². The molecule has 0 aromatic carbocycles. The second-order valence-corrected chi connectivity index (χ2v) is 16.5. The van der Waals surface area contributed by atoms with Crippen LogP contribution in [0.5, 0.6) is 0 Å². The fraction of sp³-hybridized carbons (Fsp3) is 0.745. The third-order valence-electron chi connectivity index (χ3n) is 11.1. The maximum atomic E-state index is 13.0. The number of rotatable bonds is 39. The van der Waals surface area contributed by atoms with Gasteiger partial charge in [0.05, 0.1) is 25.4 Å². The lowest BCUT2D eigenvalue weighted by molar-refractivity contribution is -0.302. The number of carbonyl (C=O) groups is 1. The van der Waals surface area contributed by atoms with Crippen LogP contribution in [0.1, 0.15) is 187 Å². The van der Waals surface area contributed by atoms with Crippen molar-refractivity contribution >= 4 is 5.91 Å². The van der Waals surface area contributed by atoms with Crippen LogP contribution in [-0.4, -0.2) is 87.5 Å². The predicted molar refractivity (Wildman–Crippen MR) is 249 cm³/mol. The van der Waals surface area contributed by atoms with E-state index in [0.29, 0.717) is 12.8 Å². The fourth-order valence-corrected chi connectivity index (χ4v) is 7.22. The number of allylic oxidation sites excluding steroid dienone is 12. The molecule has 60 heavy (non-hydrogen) atoms. The number of nitrogens with one attached hydrogen (secondary N) is 1. The summed E-state index contributed by atoms with van der Waals surface area (Å²) in [4.78, 5) is 13.0. The topological polar surface area (TPSA) is 149 Å². The zero-order valence-electron chi connectivity index (χ0n) is 37.9. The average Bonchev–Trinajstić information content (AvgIpc) is 3.25. The summed E-state index contributed by atoms with van der Waals surface area (Å²) in [5.74, 6) is -0.158. The van der Waals surface area contributed by atoms with Crippen LogP contribution in [0, 0.1) is 0 Å². The van der Waals surface area contributed by atoms with Crippen molar-refractivity contribution < 1.29 is 39.8 Å². The second-order valence-electron chi connectivity index (χ2n) is 16.5. The van der Waals surface area contributed by atoms with Gasteiger partial charge in [-0.3, -0.25) is 4.79 Å². The lowest BCUT2D eigenvalue weighted by Gasteiger charge is -2.40. The van der Waals surface area contributed by atoms with Crippen LogP contribution in [0.4, 0.5) is 0 Å². The first-order chi connectivity index (χ1) is 29.3. The minimum atomic E-state index is -1.56. The largest absolute Gasteiger partial charge is 0.394 e. The SMILES string of the molecule is CC/C=C\C/C=C\C/C=C\C/C=C\C/C=C\C/C=C\CCCCCCCCCCC(=O)NC(COC1OC(CO)C(O)C(O)C1O)C(O)CCCCCCCCCCCC. The highest BCUT2D eigenvalue weighted by Crippen LogP contribution is 2.23. The van der Waals surface area contributed by atoms with Gasteiger partial charge in [-0.1, -0.05) is 189 Å². The average molecular weight is 844 g/mol. The van der Waals surface area contributed by atoms with E-state index in [0.717, 1.165) is 89.9 Å². The van der Waals surface area contributed by atoms with E-state index in [1.54, 1.807) is 0 Å². The van der Waals surface area contributed by atoms with Gasteiger partial charge in [0.1, 0.15) is 24.4 Å². The van der Waals surface area contributed by atoms with Gasteiger partial charge < -0.3 is 40.3 Å². The van der Waals surface area contributed by atoms with Crippen LogP contribution in [0.2, 0.25) is 0 Å². The molecule has 9 heteroatoms. The Hall–Kier alpha value is -2.37. The van der Waals surface area contributed by atoms with Gasteiger partial charge >= 0.3 is 0 Å². The van der Waals surface area contributed by atoms with Gasteiger partial charge in [0.25, 0.3) is 0 Å². The number of aliphatic hydroxyl groups excluding tert-OH is 5. The summed E-state index contributed by atoms with van der Waals surface area (Å²) in [5.41, 5.74) is 0. The van der Waals surface area contributed by atoms with Gasteiger partial charge in [0.2, 0.25) is 5.91 Å². The molecule has 346 valence electrons. The summed E-state index contributed by atoms with van der Waals surface area (Å²) in [6.07, 6.45) is 47.7. The van der Waals surface area contributed by atoms with E-state index >= 15 is 0 Å². The van der Waals surface area contributed by atoms with Gasteiger partial charge in [0, 0.05) is 6.42 Å². The molecule has 1 saturated heterocycles. The normalized spacial score (nSPS) is 21.2. The molecule has 0 spiro atoms. The Kier molecular flexibility index (Phi) is 37.7. The Bertz CT molecular complexity index is 1160. The number of unbranched alkanes of at least 4 members (excludes halogenated alkanes) is 17. The standard InChI is InChI=1S/C51H89NO8/c1-3-5-7-9-11-13-15-16-17-18-19-20-21-22-23-24-25-26-27-28-29-30-31-33-35-37-39-41-47(55)52-44(43-59-51-50(58)49(57)48(56)46(42-53)60-51)45(54)40-38-36-34-32-14-12-10-8-6-4-2/h5,7,11,13,16-17,19-20,22-23,25-26,44-46,48-51,53-54,56-58H,3-4,6,8-10,12,14-15,18,21,24,27-43H2,1-2H3,(H,52,55)/b7-5-,13-11-,17-16-,20-19-,23-22-,26-25-. The number of hydrogen-bond acceptors (Lipinski definition) is 8. The Morgan fingerprint density at radius 2 is 1.03 bits per heavy atom. The van der Waals surface area contributed by atoms with E-state index in [2.05, 4.69) is 92.1 Å². The Labute approximate surface area is 366 Å². The predicted octanol–water partition coefficient (Wildman–Crippen LogP) is 10.6. The minimum Gasteiger partial charge on any atom is -0.394 e. The summed E-state index contributed by atoms with van der Waals surface area (Å²) in [5, 5.41) is 54.3. The molecule has 1 aliphatic rings. The quantitative estimate of drug-likeness (QED) is 0.0265. The minimum absolute atomic E-state index is 0.145. The zero-order valence-corrected chi connectivity index (χ0v) is 37.9. The molecule has 1 amide bonds. The molecule has 0 radical (unpaired) electrons. The number of ether oxygens (including phenoxy) is 2. The Morgan fingerprint density at radius 1 is 0.583 bits per heavy atom. The van der Waals surface area contributed by atoms with Crippen LogP contribution in [0.3, 0.4) is 0 Å². The lowest BCUT2D eigenvalue weighted by atomic mass is 9.99. The third kappa shape index (κ3) is 30.6. The van der Waals surface area contributed by atoms with Crippen LogP contribution in [-0.2, 0) is 14.3 Å². The van der Waals surface area contributed by atoms with Crippen molar-refractivity contribution in [3.05, 3.63) is 72.9 Å².